The van der Waals surface area contributed by atoms with Crippen LogP contribution in [0.15, 0.2) is 97.2 Å². The molecule has 1 unspecified atom stereocenters. The molecule has 0 saturated carbocycles. The van der Waals surface area contributed by atoms with Crippen molar-refractivity contribution in [1.29, 1.82) is 0 Å². The summed E-state index contributed by atoms with van der Waals surface area (Å²) in [7, 11) is 0. The first-order valence-electron chi connectivity index (χ1n) is 18.4. The van der Waals surface area contributed by atoms with E-state index in [9.17, 15) is 24.6 Å². The normalized spacial score (nSPS) is 13.1. The van der Waals surface area contributed by atoms with Crippen molar-refractivity contribution in [3.63, 3.8) is 0 Å². The SMILES string of the molecule is CC/C=C\C/C=C\C/C=C\C/C=C\C/C=C\C/C=C\CCC(=O)NCCCCC(NC(=O)C(C)(C)Oc1ccc(Cl)cc1)C(=O)OCC(CO)CO. The summed E-state index contributed by atoms with van der Waals surface area (Å²) in [5.41, 5.74) is -1.32. The summed E-state index contributed by atoms with van der Waals surface area (Å²) in [6.07, 6.45) is 33.9. The number of allylic oxidation sites excluding steroid dienone is 12. The lowest BCUT2D eigenvalue weighted by Crippen LogP contribution is -2.52. The molecule has 0 bridgehead atoms. The Morgan fingerprint density at radius 3 is 1.83 bits per heavy atom. The second-order valence-corrected chi connectivity index (χ2v) is 13.2. The number of unbranched alkanes of at least 4 members (excludes halogenated alkanes) is 1. The van der Waals surface area contributed by atoms with Gasteiger partial charge in [-0.2, -0.15) is 0 Å². The number of aliphatic hydroxyl groups excluding tert-OH is 2. The molecule has 0 aromatic heterocycles. The van der Waals surface area contributed by atoms with E-state index in [2.05, 4.69) is 84.4 Å². The Labute approximate surface area is 316 Å². The number of amides is 2. The van der Waals surface area contributed by atoms with E-state index in [1.165, 1.54) is 0 Å². The first-order valence-corrected chi connectivity index (χ1v) is 18.8. The van der Waals surface area contributed by atoms with Crippen molar-refractivity contribution in [2.24, 2.45) is 5.92 Å². The third kappa shape index (κ3) is 23.5. The molecule has 0 saturated heterocycles. The lowest BCUT2D eigenvalue weighted by molar-refractivity contribution is -0.152. The Morgan fingerprint density at radius 1 is 0.788 bits per heavy atom. The second-order valence-electron chi connectivity index (χ2n) is 12.8. The lowest BCUT2D eigenvalue weighted by atomic mass is 10.1. The van der Waals surface area contributed by atoms with E-state index in [4.69, 9.17) is 21.1 Å². The Bertz CT molecular complexity index is 1310. The van der Waals surface area contributed by atoms with E-state index in [0.29, 0.717) is 43.0 Å². The summed E-state index contributed by atoms with van der Waals surface area (Å²) >= 11 is 5.94. The molecule has 0 aliphatic rings. The van der Waals surface area contributed by atoms with Crippen LogP contribution in [-0.4, -0.2) is 66.0 Å². The predicted octanol–water partition coefficient (Wildman–Crippen LogP) is 7.89. The average molecular weight is 741 g/mol. The highest BCUT2D eigenvalue weighted by Gasteiger charge is 2.34. The molecule has 52 heavy (non-hydrogen) atoms. The topological polar surface area (TPSA) is 134 Å². The van der Waals surface area contributed by atoms with Crippen LogP contribution in [0.25, 0.3) is 0 Å². The van der Waals surface area contributed by atoms with Gasteiger partial charge in [0.25, 0.3) is 5.91 Å². The minimum atomic E-state index is -1.32. The second kappa shape index (κ2) is 29.6. The van der Waals surface area contributed by atoms with E-state index in [0.717, 1.165) is 38.5 Å². The maximum Gasteiger partial charge on any atom is 0.328 e. The number of halogens is 1. The number of rotatable bonds is 28. The van der Waals surface area contributed by atoms with Crippen LogP contribution >= 0.6 is 11.6 Å². The molecular weight excluding hydrogens is 680 g/mol. The van der Waals surface area contributed by atoms with Crippen LogP contribution in [0.1, 0.15) is 91.4 Å². The molecule has 0 aliphatic heterocycles. The Kier molecular flexibility index (Phi) is 26.3. The van der Waals surface area contributed by atoms with Crippen molar-refractivity contribution in [3.8, 4) is 5.75 Å². The highest BCUT2D eigenvalue weighted by Crippen LogP contribution is 2.21. The van der Waals surface area contributed by atoms with E-state index in [1.807, 2.05) is 6.08 Å². The van der Waals surface area contributed by atoms with Gasteiger partial charge in [0.1, 0.15) is 11.8 Å². The zero-order chi connectivity index (χ0) is 38.3. The Morgan fingerprint density at radius 2 is 1.31 bits per heavy atom. The zero-order valence-electron chi connectivity index (χ0n) is 31.3. The highest BCUT2D eigenvalue weighted by atomic mass is 35.5. The smallest absolute Gasteiger partial charge is 0.328 e. The molecule has 0 fully saturated rings. The van der Waals surface area contributed by atoms with Crippen LogP contribution in [-0.2, 0) is 19.1 Å². The van der Waals surface area contributed by atoms with Gasteiger partial charge < -0.3 is 30.3 Å². The molecule has 1 atom stereocenters. The number of carbonyl (C=O) groups is 3. The first-order chi connectivity index (χ1) is 25.1. The Balaban J connectivity index is 2.36. The zero-order valence-corrected chi connectivity index (χ0v) is 32.1. The molecule has 9 nitrogen and oxygen atoms in total. The minimum absolute atomic E-state index is 0.0519. The molecule has 0 heterocycles. The minimum Gasteiger partial charge on any atom is -0.478 e. The van der Waals surface area contributed by atoms with Crippen molar-refractivity contribution >= 4 is 29.4 Å². The number of nitrogens with one attached hydrogen (secondary N) is 2. The maximum atomic E-state index is 13.2. The van der Waals surface area contributed by atoms with Gasteiger partial charge in [-0.1, -0.05) is 91.4 Å². The van der Waals surface area contributed by atoms with E-state index < -0.39 is 29.4 Å². The molecule has 4 N–H and O–H groups in total. The Hall–Kier alpha value is -3.92. The monoisotopic (exact) mass is 740 g/mol. The number of esters is 1. The summed E-state index contributed by atoms with van der Waals surface area (Å²) in [5.74, 6) is -1.43. The van der Waals surface area contributed by atoms with Crippen molar-refractivity contribution in [2.45, 2.75) is 103 Å². The fraction of sp³-hybridized carbons (Fsp3) is 0.500. The lowest BCUT2D eigenvalue weighted by Gasteiger charge is -2.28. The van der Waals surface area contributed by atoms with Gasteiger partial charge in [-0.15, -0.1) is 0 Å². The third-order valence-electron chi connectivity index (χ3n) is 7.68. The van der Waals surface area contributed by atoms with Crippen molar-refractivity contribution < 1.29 is 34.1 Å². The fourth-order valence-electron chi connectivity index (χ4n) is 4.53. The van der Waals surface area contributed by atoms with Crippen molar-refractivity contribution in [1.82, 2.24) is 10.6 Å². The van der Waals surface area contributed by atoms with Gasteiger partial charge in [-0.05, 0) is 102 Å². The maximum absolute atomic E-state index is 13.2. The van der Waals surface area contributed by atoms with E-state index >= 15 is 0 Å². The summed E-state index contributed by atoms with van der Waals surface area (Å²) in [6, 6.07) is 5.60. The third-order valence-corrected chi connectivity index (χ3v) is 7.93. The van der Waals surface area contributed by atoms with Gasteiger partial charge in [-0.25, -0.2) is 4.79 Å². The van der Waals surface area contributed by atoms with Gasteiger partial charge in [-0.3, -0.25) is 9.59 Å². The number of hydrogen-bond donors (Lipinski definition) is 4. The first kappa shape index (κ1) is 46.1. The largest absolute Gasteiger partial charge is 0.478 e. The van der Waals surface area contributed by atoms with Gasteiger partial charge in [0.05, 0.1) is 19.8 Å². The molecule has 1 rings (SSSR count). The standard InChI is InChI=1S/C42H61ClN2O7/c1-4-5-6-7-8-9-10-11-12-13-14-15-16-17-18-19-20-21-22-26-39(48)44-31-24-23-25-38(40(49)51-34-35(32-46)33-47)45-41(50)42(2,3)52-37-29-27-36(43)28-30-37/h5-6,8-9,11-12,14-15,17-18,20-21,27-30,35,38,46-47H,4,7,10,13,16,19,22-26,31-34H2,1-3H3,(H,44,48)(H,45,50)/b6-5-,9-8-,12-11-,15-14-,18-17-,21-20-. The predicted molar refractivity (Wildman–Crippen MR) is 211 cm³/mol. The molecule has 2 amide bonds. The molecule has 0 radical (unpaired) electrons. The van der Waals surface area contributed by atoms with Crippen LogP contribution < -0.4 is 15.4 Å². The van der Waals surface area contributed by atoms with Crippen LogP contribution in [0.5, 0.6) is 5.75 Å². The molecule has 10 heteroatoms. The molecular formula is C42H61ClN2O7. The summed E-state index contributed by atoms with van der Waals surface area (Å²) < 4.78 is 11.2. The quantitative estimate of drug-likeness (QED) is 0.0390. The van der Waals surface area contributed by atoms with Gasteiger partial charge >= 0.3 is 5.97 Å². The summed E-state index contributed by atoms with van der Waals surface area (Å²) in [5, 5.41) is 24.8. The molecule has 288 valence electrons. The number of carbonyl (C=O) groups excluding carboxylic acids is 3. The molecule has 1 aromatic rings. The van der Waals surface area contributed by atoms with Crippen LogP contribution in [0.4, 0.5) is 0 Å². The van der Waals surface area contributed by atoms with Crippen molar-refractivity contribution in [2.75, 3.05) is 26.4 Å². The summed E-state index contributed by atoms with van der Waals surface area (Å²) in [6.45, 7) is 4.87. The van der Waals surface area contributed by atoms with E-state index in [-0.39, 0.29) is 32.1 Å². The number of hydrogen-bond acceptors (Lipinski definition) is 7. The van der Waals surface area contributed by atoms with Crippen LogP contribution in [0, 0.1) is 5.92 Å². The highest BCUT2D eigenvalue weighted by molar-refractivity contribution is 6.30. The summed E-state index contributed by atoms with van der Waals surface area (Å²) in [4.78, 5) is 38.4. The number of ether oxygens (including phenoxy) is 2. The fourth-order valence-corrected chi connectivity index (χ4v) is 4.66. The van der Waals surface area contributed by atoms with Gasteiger partial charge in [0, 0.05) is 23.9 Å². The van der Waals surface area contributed by atoms with Crippen LogP contribution in [0.3, 0.4) is 0 Å². The van der Waals surface area contributed by atoms with Crippen LogP contribution in [0.2, 0.25) is 5.02 Å². The number of aliphatic hydroxyl groups is 2. The molecule has 0 aliphatic carbocycles. The molecule has 0 spiro atoms. The molecule has 1 aromatic carbocycles. The average Bonchev–Trinajstić information content (AvgIpc) is 3.13. The van der Waals surface area contributed by atoms with E-state index in [1.54, 1.807) is 38.1 Å². The van der Waals surface area contributed by atoms with Gasteiger partial charge in [0.2, 0.25) is 5.91 Å². The number of benzene rings is 1. The van der Waals surface area contributed by atoms with Gasteiger partial charge in [0.15, 0.2) is 5.60 Å². The van der Waals surface area contributed by atoms with Crippen molar-refractivity contribution in [3.05, 3.63) is 102 Å².